The molecule has 1 fully saturated rings. The van der Waals surface area contributed by atoms with Crippen molar-refractivity contribution < 1.29 is 4.79 Å². The lowest BCUT2D eigenvalue weighted by molar-refractivity contribution is -0.118. The van der Waals surface area contributed by atoms with Crippen LogP contribution in [0.5, 0.6) is 0 Å². The van der Waals surface area contributed by atoms with Crippen LogP contribution in [0.1, 0.15) is 5.69 Å². The van der Waals surface area contributed by atoms with Crippen molar-refractivity contribution in [3.8, 4) is 0 Å². The second-order valence-corrected chi connectivity index (χ2v) is 5.74. The maximum Gasteiger partial charge on any atom is 0.230 e. The molecule has 0 spiro atoms. The van der Waals surface area contributed by atoms with E-state index >= 15 is 0 Å². The standard InChI is InChI=1S/C14H22N4OS/c19-14(12-20-11-13-3-1-2-4-16-13)17-7-10-18-8-5-15-6-9-18/h1-4,15H,5-12H2,(H,17,19). The van der Waals surface area contributed by atoms with Crippen molar-refractivity contribution in [1.82, 2.24) is 20.5 Å². The number of piperazine rings is 1. The normalized spacial score (nSPS) is 16.0. The number of pyridine rings is 1. The van der Waals surface area contributed by atoms with E-state index in [1.807, 2.05) is 18.2 Å². The molecule has 0 atom stereocenters. The van der Waals surface area contributed by atoms with Gasteiger partial charge in [-0.3, -0.25) is 14.7 Å². The number of carbonyl (C=O) groups excluding carboxylic acids is 1. The fraction of sp³-hybridized carbons (Fsp3) is 0.571. The van der Waals surface area contributed by atoms with Gasteiger partial charge < -0.3 is 10.6 Å². The zero-order valence-corrected chi connectivity index (χ0v) is 12.5. The van der Waals surface area contributed by atoms with Gasteiger partial charge in [0.2, 0.25) is 5.91 Å². The van der Waals surface area contributed by atoms with Crippen molar-refractivity contribution in [1.29, 1.82) is 0 Å². The second-order valence-electron chi connectivity index (χ2n) is 4.76. The zero-order valence-electron chi connectivity index (χ0n) is 11.7. The molecule has 0 unspecified atom stereocenters. The van der Waals surface area contributed by atoms with E-state index in [1.165, 1.54) is 0 Å². The van der Waals surface area contributed by atoms with Crippen LogP contribution < -0.4 is 10.6 Å². The van der Waals surface area contributed by atoms with E-state index < -0.39 is 0 Å². The first kappa shape index (κ1) is 15.3. The third kappa shape index (κ3) is 5.90. The number of hydrogen-bond acceptors (Lipinski definition) is 5. The summed E-state index contributed by atoms with van der Waals surface area (Å²) in [5, 5.41) is 6.29. The molecule has 6 heteroatoms. The number of thioether (sulfide) groups is 1. The SMILES string of the molecule is O=C(CSCc1ccccn1)NCCN1CCNCC1. The van der Waals surface area contributed by atoms with Crippen LogP contribution in [0.4, 0.5) is 0 Å². The van der Waals surface area contributed by atoms with Crippen molar-refractivity contribution in [3.05, 3.63) is 30.1 Å². The Bertz CT molecular complexity index is 395. The topological polar surface area (TPSA) is 57.3 Å². The summed E-state index contributed by atoms with van der Waals surface area (Å²) in [6.45, 7) is 5.93. The molecule has 0 saturated carbocycles. The van der Waals surface area contributed by atoms with Gasteiger partial charge in [-0.15, -0.1) is 11.8 Å². The predicted octanol–water partition coefficient (Wildman–Crippen LogP) is 0.336. The van der Waals surface area contributed by atoms with E-state index in [1.54, 1.807) is 18.0 Å². The van der Waals surface area contributed by atoms with E-state index in [-0.39, 0.29) is 5.91 Å². The molecular weight excluding hydrogens is 272 g/mol. The van der Waals surface area contributed by atoms with E-state index in [0.29, 0.717) is 5.75 Å². The van der Waals surface area contributed by atoms with E-state index in [4.69, 9.17) is 0 Å². The first-order valence-electron chi connectivity index (χ1n) is 7.02. The number of nitrogens with zero attached hydrogens (tertiary/aromatic N) is 2. The smallest absolute Gasteiger partial charge is 0.230 e. The Morgan fingerprint density at radius 3 is 3.00 bits per heavy atom. The van der Waals surface area contributed by atoms with Crippen LogP contribution in [0.2, 0.25) is 0 Å². The highest BCUT2D eigenvalue weighted by molar-refractivity contribution is 7.99. The van der Waals surface area contributed by atoms with Gasteiger partial charge in [-0.05, 0) is 12.1 Å². The maximum atomic E-state index is 11.7. The molecule has 1 aliphatic rings. The third-order valence-corrected chi connectivity index (χ3v) is 4.14. The Morgan fingerprint density at radius 1 is 1.40 bits per heavy atom. The molecule has 5 nitrogen and oxygen atoms in total. The Labute approximate surface area is 124 Å². The average Bonchev–Trinajstić information content (AvgIpc) is 2.49. The predicted molar refractivity (Wildman–Crippen MR) is 82.7 cm³/mol. The van der Waals surface area contributed by atoms with E-state index in [9.17, 15) is 4.79 Å². The van der Waals surface area contributed by atoms with Crippen LogP contribution in [0, 0.1) is 0 Å². The van der Waals surface area contributed by atoms with Gasteiger partial charge in [0.05, 0.1) is 11.4 Å². The molecule has 2 rings (SSSR count). The number of hydrogen-bond donors (Lipinski definition) is 2. The maximum absolute atomic E-state index is 11.7. The van der Waals surface area contributed by atoms with E-state index in [0.717, 1.165) is 50.7 Å². The summed E-state index contributed by atoms with van der Waals surface area (Å²) < 4.78 is 0. The summed E-state index contributed by atoms with van der Waals surface area (Å²) in [7, 11) is 0. The molecule has 110 valence electrons. The Balaban J connectivity index is 1.52. The monoisotopic (exact) mass is 294 g/mol. The minimum atomic E-state index is 0.112. The van der Waals surface area contributed by atoms with Crippen LogP contribution in [-0.2, 0) is 10.5 Å². The van der Waals surface area contributed by atoms with Crippen molar-refractivity contribution in [2.75, 3.05) is 45.0 Å². The largest absolute Gasteiger partial charge is 0.354 e. The number of nitrogens with one attached hydrogen (secondary N) is 2. The molecular formula is C14H22N4OS. The molecule has 1 aromatic rings. The van der Waals surface area contributed by atoms with Crippen LogP contribution >= 0.6 is 11.8 Å². The Hall–Kier alpha value is -1.11. The van der Waals surface area contributed by atoms with Crippen LogP contribution in [-0.4, -0.2) is 60.8 Å². The quantitative estimate of drug-likeness (QED) is 0.759. The Kier molecular flexibility index (Phi) is 6.83. The average molecular weight is 294 g/mol. The summed E-state index contributed by atoms with van der Waals surface area (Å²) in [6, 6.07) is 5.85. The summed E-state index contributed by atoms with van der Waals surface area (Å²) in [6.07, 6.45) is 1.78. The molecule has 2 heterocycles. The zero-order chi connectivity index (χ0) is 14.0. The van der Waals surface area contributed by atoms with Crippen molar-refractivity contribution in [3.63, 3.8) is 0 Å². The number of carbonyl (C=O) groups is 1. The minimum Gasteiger partial charge on any atom is -0.354 e. The van der Waals surface area contributed by atoms with Gasteiger partial charge in [0.1, 0.15) is 0 Å². The molecule has 0 radical (unpaired) electrons. The lowest BCUT2D eigenvalue weighted by Crippen LogP contribution is -2.46. The number of rotatable bonds is 7. The lowest BCUT2D eigenvalue weighted by Gasteiger charge is -2.27. The first-order valence-corrected chi connectivity index (χ1v) is 8.17. The molecule has 0 aromatic carbocycles. The van der Waals surface area contributed by atoms with Crippen molar-refractivity contribution in [2.45, 2.75) is 5.75 Å². The molecule has 1 saturated heterocycles. The van der Waals surface area contributed by atoms with Gasteiger partial charge in [0.25, 0.3) is 0 Å². The van der Waals surface area contributed by atoms with E-state index in [2.05, 4.69) is 20.5 Å². The van der Waals surface area contributed by atoms with Crippen LogP contribution in [0.25, 0.3) is 0 Å². The number of amides is 1. The van der Waals surface area contributed by atoms with Gasteiger partial charge in [-0.2, -0.15) is 0 Å². The fourth-order valence-electron chi connectivity index (χ4n) is 2.07. The molecule has 1 aliphatic heterocycles. The molecule has 2 N–H and O–H groups in total. The van der Waals surface area contributed by atoms with Gasteiger partial charge >= 0.3 is 0 Å². The van der Waals surface area contributed by atoms with Crippen LogP contribution in [0.15, 0.2) is 24.4 Å². The molecule has 1 aromatic heterocycles. The number of aromatic nitrogens is 1. The summed E-state index contributed by atoms with van der Waals surface area (Å²) in [5.74, 6) is 1.39. The lowest BCUT2D eigenvalue weighted by atomic mass is 10.3. The van der Waals surface area contributed by atoms with Crippen LogP contribution in [0.3, 0.4) is 0 Å². The molecule has 0 bridgehead atoms. The summed E-state index contributed by atoms with van der Waals surface area (Å²) >= 11 is 1.60. The minimum absolute atomic E-state index is 0.112. The molecule has 0 aliphatic carbocycles. The van der Waals surface area contributed by atoms with Crippen molar-refractivity contribution in [2.24, 2.45) is 0 Å². The third-order valence-electron chi connectivity index (χ3n) is 3.17. The van der Waals surface area contributed by atoms with Gasteiger partial charge in [-0.1, -0.05) is 6.07 Å². The second kappa shape index (κ2) is 8.94. The Morgan fingerprint density at radius 2 is 2.25 bits per heavy atom. The van der Waals surface area contributed by atoms with Crippen molar-refractivity contribution >= 4 is 17.7 Å². The molecule has 20 heavy (non-hydrogen) atoms. The van der Waals surface area contributed by atoms with Gasteiger partial charge in [-0.25, -0.2) is 0 Å². The highest BCUT2D eigenvalue weighted by atomic mass is 32.2. The van der Waals surface area contributed by atoms with Gasteiger partial charge in [0.15, 0.2) is 0 Å². The van der Waals surface area contributed by atoms with Gasteiger partial charge in [0, 0.05) is 51.2 Å². The molecule has 1 amide bonds. The summed E-state index contributed by atoms with van der Waals surface area (Å²) in [4.78, 5) is 18.3. The highest BCUT2D eigenvalue weighted by Gasteiger charge is 2.09. The highest BCUT2D eigenvalue weighted by Crippen LogP contribution is 2.08. The fourth-order valence-corrected chi connectivity index (χ4v) is 2.84. The first-order chi connectivity index (χ1) is 9.84. The summed E-state index contributed by atoms with van der Waals surface area (Å²) in [5.41, 5.74) is 1.02.